The zero-order valence-corrected chi connectivity index (χ0v) is 11.2. The van der Waals surface area contributed by atoms with Crippen LogP contribution in [0.4, 0.5) is 0 Å². The Kier molecular flexibility index (Phi) is 2.72. The average Bonchev–Trinajstić information content (AvgIpc) is 2.91. The average molecular weight is 280 g/mol. The van der Waals surface area contributed by atoms with Crippen LogP contribution >= 0.6 is 23.8 Å². The van der Waals surface area contributed by atoms with E-state index >= 15 is 0 Å². The van der Waals surface area contributed by atoms with Crippen LogP contribution in [0.2, 0.25) is 5.02 Å². The summed E-state index contributed by atoms with van der Waals surface area (Å²) >= 11 is 10.9. The third-order valence-electron chi connectivity index (χ3n) is 2.87. The quantitative estimate of drug-likeness (QED) is 0.695. The molecule has 0 fully saturated rings. The highest BCUT2D eigenvalue weighted by molar-refractivity contribution is 7.71. The molecule has 0 unspecified atom stereocenters. The van der Waals surface area contributed by atoms with Gasteiger partial charge in [0.05, 0.1) is 0 Å². The Morgan fingerprint density at radius 1 is 1.44 bits per heavy atom. The van der Waals surface area contributed by atoms with Gasteiger partial charge in [-0.25, -0.2) is 5.10 Å². The summed E-state index contributed by atoms with van der Waals surface area (Å²) in [6.07, 6.45) is 0.852. The predicted octanol–water partition coefficient (Wildman–Crippen LogP) is 4.10. The van der Waals surface area contributed by atoms with Crippen LogP contribution in [0.5, 0.6) is 0 Å². The van der Waals surface area contributed by atoms with Gasteiger partial charge < -0.3 is 9.40 Å². The second-order valence-corrected chi connectivity index (χ2v) is 4.75. The van der Waals surface area contributed by atoms with E-state index in [4.69, 9.17) is 28.2 Å². The molecule has 0 spiro atoms. The Bertz CT molecular complexity index is 771. The van der Waals surface area contributed by atoms with Gasteiger partial charge in [0.15, 0.2) is 0 Å². The van der Waals surface area contributed by atoms with Gasteiger partial charge in [-0.3, -0.25) is 0 Å². The number of aromatic amines is 2. The number of halogens is 1. The van der Waals surface area contributed by atoms with Gasteiger partial charge in [0.1, 0.15) is 5.69 Å². The lowest BCUT2D eigenvalue weighted by Gasteiger charge is -1.96. The number of fused-ring (bicyclic) bond motifs is 1. The standard InChI is InChI=1S/C12H10ClN3OS/c1-2-7-8-5-6(13)3-4-9(8)14-10(7)11-15-16-12(18)17-11/h3-5,14H,2H2,1H3,(H,16,18). The molecule has 3 aromatic rings. The number of nitrogens with one attached hydrogen (secondary N) is 2. The third-order valence-corrected chi connectivity index (χ3v) is 3.28. The van der Waals surface area contributed by atoms with Crippen molar-refractivity contribution >= 4 is 34.7 Å². The smallest absolute Gasteiger partial charge is 0.284 e. The van der Waals surface area contributed by atoms with Crippen molar-refractivity contribution in [1.82, 2.24) is 15.2 Å². The van der Waals surface area contributed by atoms with E-state index in [1.54, 1.807) is 0 Å². The topological polar surface area (TPSA) is 57.6 Å². The van der Waals surface area contributed by atoms with Gasteiger partial charge in [-0.05, 0) is 42.4 Å². The van der Waals surface area contributed by atoms with Crippen molar-refractivity contribution in [3.05, 3.63) is 33.6 Å². The molecule has 6 heteroatoms. The first-order chi connectivity index (χ1) is 8.69. The van der Waals surface area contributed by atoms with E-state index < -0.39 is 0 Å². The number of aryl methyl sites for hydroxylation is 1. The van der Waals surface area contributed by atoms with Crippen LogP contribution in [-0.4, -0.2) is 15.2 Å². The number of hydrogen-bond donors (Lipinski definition) is 2. The zero-order chi connectivity index (χ0) is 12.7. The first kappa shape index (κ1) is 11.5. The Morgan fingerprint density at radius 3 is 2.94 bits per heavy atom. The highest BCUT2D eigenvalue weighted by Crippen LogP contribution is 2.31. The molecular weight excluding hydrogens is 270 g/mol. The van der Waals surface area contributed by atoms with Crippen molar-refractivity contribution in [1.29, 1.82) is 0 Å². The molecule has 92 valence electrons. The Labute approximate surface area is 113 Å². The molecule has 0 radical (unpaired) electrons. The molecule has 3 rings (SSSR count). The number of hydrogen-bond acceptors (Lipinski definition) is 3. The van der Waals surface area contributed by atoms with Gasteiger partial charge in [-0.1, -0.05) is 18.5 Å². The molecule has 4 nitrogen and oxygen atoms in total. The molecule has 0 atom stereocenters. The molecule has 2 heterocycles. The summed E-state index contributed by atoms with van der Waals surface area (Å²) in [5.74, 6) is 0.476. The molecule has 0 aliphatic rings. The van der Waals surface area contributed by atoms with Crippen molar-refractivity contribution in [2.24, 2.45) is 0 Å². The lowest BCUT2D eigenvalue weighted by atomic mass is 10.1. The molecule has 2 N–H and O–H groups in total. The summed E-state index contributed by atoms with van der Waals surface area (Å²) in [4.78, 5) is 3.56. The highest BCUT2D eigenvalue weighted by atomic mass is 35.5. The number of benzene rings is 1. The minimum Gasteiger partial charge on any atom is -0.408 e. The summed E-state index contributed by atoms with van der Waals surface area (Å²) < 4.78 is 5.36. The second kappa shape index (κ2) is 4.26. The van der Waals surface area contributed by atoms with Crippen LogP contribution in [0, 0.1) is 4.84 Å². The minimum absolute atomic E-state index is 0.267. The molecule has 2 aromatic heterocycles. The minimum atomic E-state index is 0.267. The maximum Gasteiger partial charge on any atom is 0.284 e. The van der Waals surface area contributed by atoms with Gasteiger partial charge in [0, 0.05) is 15.9 Å². The predicted molar refractivity (Wildman–Crippen MR) is 73.4 cm³/mol. The first-order valence-electron chi connectivity index (χ1n) is 5.55. The fraction of sp³-hybridized carbons (Fsp3) is 0.167. The Morgan fingerprint density at radius 2 is 2.28 bits per heavy atom. The van der Waals surface area contributed by atoms with Crippen LogP contribution in [0.15, 0.2) is 22.6 Å². The van der Waals surface area contributed by atoms with E-state index in [1.165, 1.54) is 0 Å². The summed E-state index contributed by atoms with van der Waals surface area (Å²) in [5.41, 5.74) is 2.98. The molecular formula is C12H10ClN3OS. The van der Waals surface area contributed by atoms with Crippen LogP contribution < -0.4 is 0 Å². The lowest BCUT2D eigenvalue weighted by molar-refractivity contribution is 0.550. The van der Waals surface area contributed by atoms with E-state index in [-0.39, 0.29) is 4.84 Å². The van der Waals surface area contributed by atoms with Crippen molar-refractivity contribution in [2.45, 2.75) is 13.3 Å². The zero-order valence-electron chi connectivity index (χ0n) is 9.58. The molecule has 1 aromatic carbocycles. The lowest BCUT2D eigenvalue weighted by Crippen LogP contribution is -1.84. The van der Waals surface area contributed by atoms with E-state index in [2.05, 4.69) is 22.1 Å². The van der Waals surface area contributed by atoms with E-state index in [9.17, 15) is 0 Å². The van der Waals surface area contributed by atoms with Crippen LogP contribution in [-0.2, 0) is 6.42 Å². The fourth-order valence-corrected chi connectivity index (χ4v) is 2.40. The van der Waals surface area contributed by atoms with Crippen molar-refractivity contribution in [3.8, 4) is 11.6 Å². The number of H-pyrrole nitrogens is 2. The van der Waals surface area contributed by atoms with E-state index in [0.29, 0.717) is 10.9 Å². The maximum atomic E-state index is 6.03. The van der Waals surface area contributed by atoms with Gasteiger partial charge >= 0.3 is 0 Å². The summed E-state index contributed by atoms with van der Waals surface area (Å²) in [6.45, 7) is 2.08. The van der Waals surface area contributed by atoms with Crippen molar-refractivity contribution in [3.63, 3.8) is 0 Å². The Balaban J connectivity index is 2.32. The number of aromatic nitrogens is 3. The van der Waals surface area contributed by atoms with Crippen LogP contribution in [0.25, 0.3) is 22.5 Å². The Hall–Kier alpha value is -1.59. The normalized spacial score (nSPS) is 11.2. The van der Waals surface area contributed by atoms with Gasteiger partial charge in [0.25, 0.3) is 10.7 Å². The van der Waals surface area contributed by atoms with Crippen molar-refractivity contribution in [2.75, 3.05) is 0 Å². The second-order valence-electron chi connectivity index (χ2n) is 3.94. The molecule has 0 aliphatic carbocycles. The van der Waals surface area contributed by atoms with Crippen LogP contribution in [0.1, 0.15) is 12.5 Å². The molecule has 0 saturated carbocycles. The largest absolute Gasteiger partial charge is 0.408 e. The third kappa shape index (κ3) is 1.76. The number of nitrogens with zero attached hydrogens (tertiary/aromatic N) is 1. The highest BCUT2D eigenvalue weighted by Gasteiger charge is 2.15. The fourth-order valence-electron chi connectivity index (χ4n) is 2.11. The monoisotopic (exact) mass is 279 g/mol. The van der Waals surface area contributed by atoms with Gasteiger partial charge in [0.2, 0.25) is 0 Å². The maximum absolute atomic E-state index is 6.03. The SMILES string of the molecule is CCc1c(-c2n[nH]c(=S)o2)[nH]c2ccc(Cl)cc12. The van der Waals surface area contributed by atoms with Crippen LogP contribution in [0.3, 0.4) is 0 Å². The molecule has 0 saturated heterocycles. The summed E-state index contributed by atoms with van der Waals surface area (Å²) in [7, 11) is 0. The molecule has 0 bridgehead atoms. The molecule has 0 aliphatic heterocycles. The number of rotatable bonds is 2. The van der Waals surface area contributed by atoms with E-state index in [0.717, 1.165) is 28.6 Å². The van der Waals surface area contributed by atoms with Gasteiger partial charge in [-0.15, -0.1) is 5.10 Å². The molecule has 18 heavy (non-hydrogen) atoms. The van der Waals surface area contributed by atoms with E-state index in [1.807, 2.05) is 18.2 Å². The summed E-state index contributed by atoms with van der Waals surface area (Å²) in [6, 6.07) is 5.74. The molecule has 0 amide bonds. The van der Waals surface area contributed by atoms with Gasteiger partial charge in [-0.2, -0.15) is 0 Å². The van der Waals surface area contributed by atoms with Crippen molar-refractivity contribution < 1.29 is 4.42 Å². The summed E-state index contributed by atoms with van der Waals surface area (Å²) in [5, 5.41) is 8.48. The first-order valence-corrected chi connectivity index (χ1v) is 6.33.